The van der Waals surface area contributed by atoms with E-state index >= 15 is 0 Å². The van der Waals surface area contributed by atoms with E-state index in [4.69, 9.17) is 5.11 Å². The predicted molar refractivity (Wildman–Crippen MR) is 76.4 cm³/mol. The number of carboxylic acid groups (broad SMARTS) is 1. The molecule has 1 aliphatic heterocycles. The zero-order valence-corrected chi connectivity index (χ0v) is 12.1. The van der Waals surface area contributed by atoms with E-state index in [0.29, 0.717) is 38.4 Å². The van der Waals surface area contributed by atoms with Gasteiger partial charge in [-0.15, -0.1) is 0 Å². The Morgan fingerprint density at radius 2 is 1.70 bits per heavy atom. The molecule has 114 valence electrons. The summed E-state index contributed by atoms with van der Waals surface area (Å²) in [6.45, 7) is 2.66. The van der Waals surface area contributed by atoms with Gasteiger partial charge in [0.2, 0.25) is 5.91 Å². The van der Waals surface area contributed by atoms with Crippen LogP contribution in [0.15, 0.2) is 0 Å². The number of hydrogen-bond donors (Lipinski definition) is 2. The fourth-order valence-corrected chi connectivity index (χ4v) is 3.25. The molecule has 0 aromatic carbocycles. The molecule has 1 saturated heterocycles. The first-order valence-electron chi connectivity index (χ1n) is 7.87. The Morgan fingerprint density at radius 3 is 2.30 bits per heavy atom. The zero-order chi connectivity index (χ0) is 14.4. The van der Waals surface area contributed by atoms with Crippen molar-refractivity contribution in [3.05, 3.63) is 0 Å². The number of hydrogen-bond acceptors (Lipinski definition) is 3. The van der Waals surface area contributed by atoms with E-state index in [9.17, 15) is 9.59 Å². The van der Waals surface area contributed by atoms with Gasteiger partial charge in [-0.2, -0.15) is 0 Å². The van der Waals surface area contributed by atoms with Gasteiger partial charge in [-0.05, 0) is 44.7 Å². The molecule has 0 radical (unpaired) electrons. The van der Waals surface area contributed by atoms with Gasteiger partial charge in [-0.1, -0.05) is 19.3 Å². The average molecular weight is 282 g/mol. The van der Waals surface area contributed by atoms with E-state index in [1.807, 2.05) is 0 Å². The van der Waals surface area contributed by atoms with E-state index in [2.05, 4.69) is 10.2 Å². The molecule has 2 fully saturated rings. The first-order valence-corrected chi connectivity index (χ1v) is 7.87. The van der Waals surface area contributed by atoms with E-state index in [1.165, 1.54) is 32.1 Å². The van der Waals surface area contributed by atoms with Gasteiger partial charge in [0.05, 0.1) is 12.5 Å². The molecule has 0 spiro atoms. The Labute approximate surface area is 120 Å². The summed E-state index contributed by atoms with van der Waals surface area (Å²) in [4.78, 5) is 24.8. The largest absolute Gasteiger partial charge is 0.481 e. The smallest absolute Gasteiger partial charge is 0.306 e. The van der Waals surface area contributed by atoms with Crippen molar-refractivity contribution < 1.29 is 14.7 Å². The van der Waals surface area contributed by atoms with Crippen LogP contribution in [0.4, 0.5) is 0 Å². The number of nitrogens with zero attached hydrogens (tertiary/aromatic N) is 1. The maximum Gasteiger partial charge on any atom is 0.306 e. The van der Waals surface area contributed by atoms with Gasteiger partial charge in [0, 0.05) is 6.54 Å². The topological polar surface area (TPSA) is 69.6 Å². The molecule has 0 aromatic rings. The molecule has 2 aliphatic rings. The standard InChI is InChI=1S/C15H26N2O3/c18-14(16-10-12-4-2-1-3-5-12)11-17-8-6-13(7-9-17)15(19)20/h12-13H,1-11H2,(H,16,18)(H,19,20). The molecule has 20 heavy (non-hydrogen) atoms. The van der Waals surface area contributed by atoms with E-state index in [1.54, 1.807) is 0 Å². The molecule has 5 nitrogen and oxygen atoms in total. The molecule has 1 heterocycles. The number of carbonyl (C=O) groups excluding carboxylic acids is 1. The number of nitrogens with one attached hydrogen (secondary N) is 1. The highest BCUT2D eigenvalue weighted by Crippen LogP contribution is 2.22. The van der Waals surface area contributed by atoms with Crippen molar-refractivity contribution in [2.75, 3.05) is 26.2 Å². The highest BCUT2D eigenvalue weighted by molar-refractivity contribution is 5.78. The maximum atomic E-state index is 11.9. The number of amides is 1. The highest BCUT2D eigenvalue weighted by Gasteiger charge is 2.25. The Hall–Kier alpha value is -1.10. The lowest BCUT2D eigenvalue weighted by molar-refractivity contribution is -0.143. The van der Waals surface area contributed by atoms with Crippen LogP contribution in [0, 0.1) is 11.8 Å². The van der Waals surface area contributed by atoms with E-state index in [-0.39, 0.29) is 11.8 Å². The van der Waals surface area contributed by atoms with E-state index in [0.717, 1.165) is 6.54 Å². The first kappa shape index (κ1) is 15.3. The van der Waals surface area contributed by atoms with Crippen molar-refractivity contribution in [3.8, 4) is 0 Å². The van der Waals surface area contributed by atoms with Gasteiger partial charge in [-0.25, -0.2) is 0 Å². The molecule has 0 aromatic heterocycles. The van der Waals surface area contributed by atoms with Gasteiger partial charge in [0.25, 0.3) is 0 Å². The van der Waals surface area contributed by atoms with Gasteiger partial charge in [0.1, 0.15) is 0 Å². The van der Waals surface area contributed by atoms with Crippen molar-refractivity contribution in [3.63, 3.8) is 0 Å². The summed E-state index contributed by atoms with van der Waals surface area (Å²) in [5.41, 5.74) is 0. The van der Waals surface area contributed by atoms with Crippen LogP contribution in [-0.2, 0) is 9.59 Å². The first-order chi connectivity index (χ1) is 9.65. The summed E-state index contributed by atoms with van der Waals surface area (Å²) in [7, 11) is 0. The van der Waals surface area contributed by atoms with Crippen LogP contribution in [0.5, 0.6) is 0 Å². The molecule has 1 saturated carbocycles. The monoisotopic (exact) mass is 282 g/mol. The fraction of sp³-hybridized carbons (Fsp3) is 0.867. The van der Waals surface area contributed by atoms with Crippen LogP contribution in [0.3, 0.4) is 0 Å². The number of piperidine rings is 1. The summed E-state index contributed by atoms with van der Waals surface area (Å²) in [6.07, 6.45) is 7.72. The van der Waals surface area contributed by atoms with Gasteiger partial charge in [0.15, 0.2) is 0 Å². The quantitative estimate of drug-likeness (QED) is 0.801. The van der Waals surface area contributed by atoms with E-state index < -0.39 is 5.97 Å². The SMILES string of the molecule is O=C(CN1CCC(C(=O)O)CC1)NCC1CCCCC1. The number of rotatable bonds is 5. The van der Waals surface area contributed by atoms with Crippen LogP contribution >= 0.6 is 0 Å². The predicted octanol–water partition coefficient (Wildman–Crippen LogP) is 1.48. The third kappa shape index (κ3) is 4.78. The fourth-order valence-electron chi connectivity index (χ4n) is 3.25. The minimum Gasteiger partial charge on any atom is -0.481 e. The van der Waals surface area contributed by atoms with Gasteiger partial charge >= 0.3 is 5.97 Å². The number of carboxylic acids is 1. The van der Waals surface area contributed by atoms with Crippen LogP contribution in [0.1, 0.15) is 44.9 Å². The lowest BCUT2D eigenvalue weighted by atomic mass is 9.89. The van der Waals surface area contributed by atoms with Crippen molar-refractivity contribution in [2.45, 2.75) is 44.9 Å². The number of likely N-dealkylation sites (tertiary alicyclic amines) is 1. The summed E-state index contributed by atoms with van der Waals surface area (Å²) in [5.74, 6) is -0.183. The Kier molecular flexibility index (Phi) is 5.83. The van der Waals surface area contributed by atoms with Crippen LogP contribution in [0.2, 0.25) is 0 Å². The van der Waals surface area contributed by atoms with Gasteiger partial charge in [-0.3, -0.25) is 14.5 Å². The molecule has 0 atom stereocenters. The second kappa shape index (κ2) is 7.62. The lowest BCUT2D eigenvalue weighted by Crippen LogP contribution is -2.43. The minimum atomic E-state index is -0.702. The molecular formula is C15H26N2O3. The number of carbonyl (C=O) groups is 2. The van der Waals surface area contributed by atoms with Crippen molar-refractivity contribution in [1.29, 1.82) is 0 Å². The third-order valence-electron chi connectivity index (χ3n) is 4.62. The molecule has 1 aliphatic carbocycles. The molecule has 0 unspecified atom stereocenters. The summed E-state index contributed by atoms with van der Waals surface area (Å²) < 4.78 is 0. The average Bonchev–Trinajstić information content (AvgIpc) is 2.47. The van der Waals surface area contributed by atoms with Crippen molar-refractivity contribution >= 4 is 11.9 Å². The van der Waals surface area contributed by atoms with Gasteiger partial charge < -0.3 is 10.4 Å². The minimum absolute atomic E-state index is 0.0874. The van der Waals surface area contributed by atoms with Crippen molar-refractivity contribution in [2.24, 2.45) is 11.8 Å². The van der Waals surface area contributed by atoms with Crippen LogP contribution in [-0.4, -0.2) is 48.1 Å². The zero-order valence-electron chi connectivity index (χ0n) is 12.1. The molecular weight excluding hydrogens is 256 g/mol. The molecule has 1 amide bonds. The summed E-state index contributed by atoms with van der Waals surface area (Å²) in [6, 6.07) is 0. The van der Waals surface area contributed by atoms with Crippen molar-refractivity contribution in [1.82, 2.24) is 10.2 Å². The summed E-state index contributed by atoms with van der Waals surface area (Å²) >= 11 is 0. The Balaban J connectivity index is 1.61. The third-order valence-corrected chi connectivity index (χ3v) is 4.62. The maximum absolute atomic E-state index is 11.9. The Morgan fingerprint density at radius 1 is 1.05 bits per heavy atom. The molecule has 2 rings (SSSR count). The number of aliphatic carboxylic acids is 1. The summed E-state index contributed by atoms with van der Waals surface area (Å²) in [5, 5.41) is 12.0. The Bertz CT molecular complexity index is 332. The molecule has 5 heteroatoms. The molecule has 2 N–H and O–H groups in total. The highest BCUT2D eigenvalue weighted by atomic mass is 16.4. The van der Waals surface area contributed by atoms with Crippen LogP contribution in [0.25, 0.3) is 0 Å². The normalized spacial score (nSPS) is 22.6. The second-order valence-electron chi connectivity index (χ2n) is 6.20. The van der Waals surface area contributed by atoms with Crippen LogP contribution < -0.4 is 5.32 Å². The molecule has 0 bridgehead atoms. The lowest BCUT2D eigenvalue weighted by Gasteiger charge is -2.29. The second-order valence-corrected chi connectivity index (χ2v) is 6.20.